The maximum atomic E-state index is 10.8. The Hall–Kier alpha value is -0.830. The van der Waals surface area contributed by atoms with Crippen LogP contribution in [0.15, 0.2) is 12.2 Å². The molecule has 1 aliphatic carbocycles. The Morgan fingerprint density at radius 2 is 2.50 bits per heavy atom. The van der Waals surface area contributed by atoms with Gasteiger partial charge < -0.3 is 9.84 Å². The van der Waals surface area contributed by atoms with E-state index in [1.165, 1.54) is 7.11 Å². The van der Waals surface area contributed by atoms with Crippen LogP contribution >= 0.6 is 0 Å². The molecular weight excluding hydrogens is 132 g/mol. The number of rotatable bonds is 1. The number of carbonyl (C=O) groups is 1. The van der Waals surface area contributed by atoms with E-state index in [1.54, 1.807) is 12.2 Å². The van der Waals surface area contributed by atoms with Crippen LogP contribution in [-0.2, 0) is 9.53 Å². The Labute approximate surface area is 59.3 Å². The Morgan fingerprint density at radius 1 is 1.80 bits per heavy atom. The van der Waals surface area contributed by atoms with E-state index in [-0.39, 0.29) is 11.9 Å². The molecule has 0 aromatic rings. The molecule has 0 bridgehead atoms. The molecule has 0 spiro atoms. The fourth-order valence-electron chi connectivity index (χ4n) is 1.03. The summed E-state index contributed by atoms with van der Waals surface area (Å²) < 4.78 is 4.47. The van der Waals surface area contributed by atoms with Gasteiger partial charge in [0.2, 0.25) is 0 Å². The molecule has 1 N–H and O–H groups in total. The second-order valence-corrected chi connectivity index (χ2v) is 2.28. The third-order valence-electron chi connectivity index (χ3n) is 1.64. The highest BCUT2D eigenvalue weighted by Crippen LogP contribution is 2.19. The number of carbonyl (C=O) groups excluding carboxylic acids is 1. The lowest BCUT2D eigenvalue weighted by atomic mass is 10.1. The van der Waals surface area contributed by atoms with Gasteiger partial charge in [-0.1, -0.05) is 12.2 Å². The Morgan fingerprint density at radius 3 is 2.90 bits per heavy atom. The summed E-state index contributed by atoms with van der Waals surface area (Å²) >= 11 is 0. The molecule has 0 fully saturated rings. The van der Waals surface area contributed by atoms with E-state index in [9.17, 15) is 4.79 Å². The molecule has 3 nitrogen and oxygen atoms in total. The molecule has 0 aromatic carbocycles. The molecule has 10 heavy (non-hydrogen) atoms. The summed E-state index contributed by atoms with van der Waals surface area (Å²) in [6.07, 6.45) is 3.34. The molecule has 56 valence electrons. The first-order chi connectivity index (χ1) is 4.75. The van der Waals surface area contributed by atoms with Crippen LogP contribution in [0.5, 0.6) is 0 Å². The second kappa shape index (κ2) is 2.84. The minimum atomic E-state index is -0.646. The molecule has 1 rings (SSSR count). The van der Waals surface area contributed by atoms with Crippen LogP contribution in [0.3, 0.4) is 0 Å². The molecule has 0 radical (unpaired) electrons. The minimum Gasteiger partial charge on any atom is -0.469 e. The molecule has 1 aliphatic rings. The van der Waals surface area contributed by atoms with Crippen molar-refractivity contribution in [2.45, 2.75) is 12.5 Å². The van der Waals surface area contributed by atoms with Gasteiger partial charge in [-0.25, -0.2) is 0 Å². The maximum Gasteiger partial charge on any atom is 0.311 e. The van der Waals surface area contributed by atoms with Crippen molar-refractivity contribution in [3.8, 4) is 0 Å². The predicted molar refractivity (Wildman–Crippen MR) is 35.3 cm³/mol. The third-order valence-corrected chi connectivity index (χ3v) is 1.64. The number of esters is 1. The van der Waals surface area contributed by atoms with Crippen molar-refractivity contribution in [3.05, 3.63) is 12.2 Å². The lowest BCUT2D eigenvalue weighted by molar-refractivity contribution is -0.147. The van der Waals surface area contributed by atoms with Crippen molar-refractivity contribution >= 4 is 5.97 Å². The maximum absolute atomic E-state index is 10.8. The number of aliphatic hydroxyl groups is 1. The largest absolute Gasteiger partial charge is 0.469 e. The topological polar surface area (TPSA) is 46.5 Å². The normalized spacial score (nSPS) is 30.6. The number of hydrogen-bond acceptors (Lipinski definition) is 3. The zero-order chi connectivity index (χ0) is 7.56. The highest BCUT2D eigenvalue weighted by molar-refractivity contribution is 5.74. The van der Waals surface area contributed by atoms with Crippen molar-refractivity contribution in [2.75, 3.05) is 7.11 Å². The minimum absolute atomic E-state index is 0.336. The first-order valence-corrected chi connectivity index (χ1v) is 3.18. The Kier molecular flexibility index (Phi) is 2.06. The van der Waals surface area contributed by atoms with Gasteiger partial charge in [0.05, 0.1) is 19.1 Å². The first-order valence-electron chi connectivity index (χ1n) is 3.18. The monoisotopic (exact) mass is 142 g/mol. The fourth-order valence-corrected chi connectivity index (χ4v) is 1.03. The van der Waals surface area contributed by atoms with Crippen LogP contribution in [0, 0.1) is 5.92 Å². The van der Waals surface area contributed by atoms with Crippen LogP contribution < -0.4 is 0 Å². The van der Waals surface area contributed by atoms with Gasteiger partial charge in [-0.2, -0.15) is 0 Å². The van der Waals surface area contributed by atoms with E-state index < -0.39 is 6.10 Å². The summed E-state index contributed by atoms with van der Waals surface area (Å²) in [4.78, 5) is 10.8. The van der Waals surface area contributed by atoms with Crippen molar-refractivity contribution in [1.29, 1.82) is 0 Å². The van der Waals surface area contributed by atoms with E-state index in [0.29, 0.717) is 6.42 Å². The number of allylic oxidation sites excluding steroid dienone is 1. The molecule has 0 amide bonds. The molecule has 0 saturated carbocycles. The molecule has 0 aromatic heterocycles. The third kappa shape index (κ3) is 1.19. The van der Waals surface area contributed by atoms with Gasteiger partial charge in [0, 0.05) is 0 Å². The Balaban J connectivity index is 2.51. The number of hydrogen-bond donors (Lipinski definition) is 1. The van der Waals surface area contributed by atoms with E-state index in [2.05, 4.69) is 4.74 Å². The molecule has 0 aliphatic heterocycles. The summed E-state index contributed by atoms with van der Waals surface area (Å²) in [7, 11) is 1.33. The van der Waals surface area contributed by atoms with Crippen molar-refractivity contribution in [2.24, 2.45) is 5.92 Å². The molecule has 0 heterocycles. The predicted octanol–water partition coefficient (Wildman–Crippen LogP) is 0.0964. The van der Waals surface area contributed by atoms with Gasteiger partial charge in [0.1, 0.15) is 0 Å². The Bertz CT molecular complexity index is 162. The number of ether oxygens (including phenoxy) is 1. The summed E-state index contributed by atoms with van der Waals surface area (Å²) in [5.74, 6) is -0.706. The van der Waals surface area contributed by atoms with E-state index in [4.69, 9.17) is 5.11 Å². The quantitative estimate of drug-likeness (QED) is 0.417. The van der Waals surface area contributed by atoms with Gasteiger partial charge in [0.25, 0.3) is 0 Å². The zero-order valence-electron chi connectivity index (χ0n) is 5.78. The van der Waals surface area contributed by atoms with Gasteiger partial charge in [-0.15, -0.1) is 0 Å². The van der Waals surface area contributed by atoms with Crippen LogP contribution in [0.1, 0.15) is 6.42 Å². The van der Waals surface area contributed by atoms with Crippen molar-refractivity contribution in [1.82, 2.24) is 0 Å². The van der Waals surface area contributed by atoms with Crippen LogP contribution in [-0.4, -0.2) is 24.3 Å². The SMILES string of the molecule is COC(=O)C1CC=CC1O. The van der Waals surface area contributed by atoms with E-state index >= 15 is 0 Å². The number of aliphatic hydroxyl groups excluding tert-OH is 1. The lowest BCUT2D eigenvalue weighted by Crippen LogP contribution is -2.23. The van der Waals surface area contributed by atoms with Crippen molar-refractivity contribution < 1.29 is 14.6 Å². The summed E-state index contributed by atoms with van der Waals surface area (Å²) in [6, 6.07) is 0. The van der Waals surface area contributed by atoms with Crippen molar-refractivity contribution in [3.63, 3.8) is 0 Å². The first kappa shape index (κ1) is 7.28. The highest BCUT2D eigenvalue weighted by atomic mass is 16.5. The summed E-state index contributed by atoms with van der Waals surface area (Å²) in [5.41, 5.74) is 0. The smallest absolute Gasteiger partial charge is 0.311 e. The summed E-state index contributed by atoms with van der Waals surface area (Å²) in [5, 5.41) is 9.10. The van der Waals surface area contributed by atoms with Crippen LogP contribution in [0.2, 0.25) is 0 Å². The van der Waals surface area contributed by atoms with Gasteiger partial charge in [-0.05, 0) is 6.42 Å². The van der Waals surface area contributed by atoms with E-state index in [1.807, 2.05) is 0 Å². The molecule has 2 unspecified atom stereocenters. The fraction of sp³-hybridized carbons (Fsp3) is 0.571. The standard InChI is InChI=1S/C7H10O3/c1-10-7(9)5-3-2-4-6(5)8/h2,4-6,8H,3H2,1H3. The number of methoxy groups -OCH3 is 1. The van der Waals surface area contributed by atoms with Crippen LogP contribution in [0.25, 0.3) is 0 Å². The van der Waals surface area contributed by atoms with Crippen LogP contribution in [0.4, 0.5) is 0 Å². The average Bonchev–Trinajstić information content (AvgIpc) is 2.34. The zero-order valence-corrected chi connectivity index (χ0v) is 5.78. The molecular formula is C7H10O3. The molecule has 3 heteroatoms. The average molecular weight is 142 g/mol. The second-order valence-electron chi connectivity index (χ2n) is 2.28. The van der Waals surface area contributed by atoms with Gasteiger partial charge in [-0.3, -0.25) is 4.79 Å². The highest BCUT2D eigenvalue weighted by Gasteiger charge is 2.28. The van der Waals surface area contributed by atoms with E-state index in [0.717, 1.165) is 0 Å². The summed E-state index contributed by atoms with van der Waals surface area (Å²) in [6.45, 7) is 0. The van der Waals surface area contributed by atoms with Gasteiger partial charge in [0.15, 0.2) is 0 Å². The lowest BCUT2D eigenvalue weighted by Gasteiger charge is -2.10. The molecule has 0 saturated heterocycles. The van der Waals surface area contributed by atoms with Gasteiger partial charge >= 0.3 is 5.97 Å². The molecule has 2 atom stereocenters.